The Morgan fingerprint density at radius 3 is 2.09 bits per heavy atom. The van der Waals surface area contributed by atoms with E-state index in [-0.39, 0.29) is 18.3 Å². The molecule has 3 N–H and O–H groups in total. The number of benzene rings is 3. The highest BCUT2D eigenvalue weighted by Gasteiger charge is 2.30. The first kappa shape index (κ1) is 23.6. The van der Waals surface area contributed by atoms with Gasteiger partial charge < -0.3 is 16.0 Å². The lowest BCUT2D eigenvalue weighted by molar-refractivity contribution is -0.137. The lowest BCUT2D eigenvalue weighted by Gasteiger charge is -2.23. The van der Waals surface area contributed by atoms with Crippen molar-refractivity contribution in [2.45, 2.75) is 12.6 Å². The first-order chi connectivity index (χ1) is 15.8. The van der Waals surface area contributed by atoms with Crippen LogP contribution < -0.4 is 20.9 Å². The largest absolute Gasteiger partial charge is 0.416 e. The van der Waals surface area contributed by atoms with Gasteiger partial charge in [-0.15, -0.1) is 0 Å². The lowest BCUT2D eigenvalue weighted by Crippen LogP contribution is -2.38. The molecule has 0 bridgehead atoms. The van der Waals surface area contributed by atoms with E-state index in [1.165, 1.54) is 17.0 Å². The van der Waals surface area contributed by atoms with Gasteiger partial charge in [0.05, 0.1) is 5.56 Å². The number of nitrogens with zero attached hydrogens (tertiary/aromatic N) is 1. The maximum absolute atomic E-state index is 13.0. The normalized spacial score (nSPS) is 10.9. The number of hydrogen-bond donors (Lipinski definition) is 3. The molecule has 0 spiro atoms. The number of urea groups is 2. The molecule has 3 aromatic rings. The van der Waals surface area contributed by atoms with Crippen molar-refractivity contribution < 1.29 is 22.8 Å². The number of para-hydroxylation sites is 2. The minimum atomic E-state index is -4.51. The number of carbonyl (C=O) groups is 2. The smallest absolute Gasteiger partial charge is 0.338 e. The molecule has 3 rings (SSSR count). The van der Waals surface area contributed by atoms with Crippen molar-refractivity contribution in [3.63, 3.8) is 0 Å². The molecule has 0 aromatic heterocycles. The molecular weight excluding hydrogens is 433 g/mol. The Hall–Kier alpha value is -4.01. The molecule has 0 aliphatic rings. The second-order valence-electron chi connectivity index (χ2n) is 7.10. The Morgan fingerprint density at radius 1 is 0.788 bits per heavy atom. The quantitative estimate of drug-likeness (QED) is 0.384. The summed E-state index contributed by atoms with van der Waals surface area (Å²) in [5.41, 5.74) is 0.424. The molecule has 0 heterocycles. The molecule has 0 fully saturated rings. The van der Waals surface area contributed by atoms with E-state index in [1.54, 1.807) is 54.6 Å². The molecule has 3 aromatic carbocycles. The van der Waals surface area contributed by atoms with Crippen LogP contribution in [0, 0.1) is 0 Å². The average Bonchev–Trinajstić information content (AvgIpc) is 2.80. The highest BCUT2D eigenvalue weighted by molar-refractivity contribution is 6.01. The molecule has 0 radical (unpaired) electrons. The van der Waals surface area contributed by atoms with E-state index in [4.69, 9.17) is 0 Å². The highest BCUT2D eigenvalue weighted by atomic mass is 19.4. The fraction of sp³-hybridized carbons (Fsp3) is 0.167. The van der Waals surface area contributed by atoms with Gasteiger partial charge in [0.2, 0.25) is 0 Å². The van der Waals surface area contributed by atoms with Crippen LogP contribution in [0.3, 0.4) is 0 Å². The Morgan fingerprint density at radius 2 is 1.42 bits per heavy atom. The maximum Gasteiger partial charge on any atom is 0.416 e. The molecule has 9 heteroatoms. The van der Waals surface area contributed by atoms with Crippen molar-refractivity contribution in [1.29, 1.82) is 0 Å². The summed E-state index contributed by atoms with van der Waals surface area (Å²) < 4.78 is 38.9. The Labute approximate surface area is 189 Å². The summed E-state index contributed by atoms with van der Waals surface area (Å²) in [5, 5.41) is 7.94. The van der Waals surface area contributed by atoms with Gasteiger partial charge in [-0.3, -0.25) is 4.90 Å². The molecule has 0 atom stereocenters. The second kappa shape index (κ2) is 11.0. The van der Waals surface area contributed by atoms with E-state index < -0.39 is 17.8 Å². The van der Waals surface area contributed by atoms with Crippen LogP contribution in [-0.4, -0.2) is 25.2 Å². The van der Waals surface area contributed by atoms with Gasteiger partial charge in [-0.2, -0.15) is 13.2 Å². The maximum atomic E-state index is 13.0. The van der Waals surface area contributed by atoms with Crippen molar-refractivity contribution >= 4 is 29.1 Å². The molecule has 172 valence electrons. The minimum Gasteiger partial charge on any atom is -0.338 e. The van der Waals surface area contributed by atoms with Gasteiger partial charge in [-0.25, -0.2) is 9.59 Å². The summed E-state index contributed by atoms with van der Waals surface area (Å²) in [6.45, 7) is 0.527. The van der Waals surface area contributed by atoms with Crippen molar-refractivity contribution in [2.75, 3.05) is 28.6 Å². The molecule has 6 nitrogen and oxygen atoms in total. The number of rotatable bonds is 7. The standard InChI is InChI=1S/C24H23F3N4O2/c25-24(26,27)18-9-7-12-20(17-18)30-23(33)31(21-13-5-2-6-14-21)16-8-15-28-22(32)29-19-10-3-1-4-11-19/h1-7,9-14,17H,8,15-16H2,(H,30,33)(H2,28,29,32). The third kappa shape index (κ3) is 7.27. The molecule has 0 aliphatic carbocycles. The average molecular weight is 456 g/mol. The van der Waals surface area contributed by atoms with Crippen LogP contribution in [0.4, 0.5) is 39.8 Å². The summed E-state index contributed by atoms with van der Waals surface area (Å²) in [4.78, 5) is 26.3. The Bertz CT molecular complexity index is 1060. The van der Waals surface area contributed by atoms with Crippen LogP contribution in [0.15, 0.2) is 84.9 Å². The van der Waals surface area contributed by atoms with Crippen LogP contribution in [0.1, 0.15) is 12.0 Å². The molecule has 0 unspecified atom stereocenters. The Balaban J connectivity index is 1.60. The molecule has 0 aliphatic heterocycles. The van der Waals surface area contributed by atoms with E-state index in [9.17, 15) is 22.8 Å². The Kier molecular flexibility index (Phi) is 7.91. The number of alkyl halides is 3. The number of nitrogens with one attached hydrogen (secondary N) is 3. The first-order valence-electron chi connectivity index (χ1n) is 10.2. The zero-order valence-corrected chi connectivity index (χ0v) is 17.6. The van der Waals surface area contributed by atoms with E-state index >= 15 is 0 Å². The van der Waals surface area contributed by atoms with Gasteiger partial charge in [-0.1, -0.05) is 42.5 Å². The van der Waals surface area contributed by atoms with Gasteiger partial charge in [-0.05, 0) is 48.9 Å². The summed E-state index contributed by atoms with van der Waals surface area (Å²) in [5.74, 6) is 0. The van der Waals surface area contributed by atoms with Crippen molar-refractivity contribution in [2.24, 2.45) is 0 Å². The second-order valence-corrected chi connectivity index (χ2v) is 7.10. The fourth-order valence-electron chi connectivity index (χ4n) is 3.06. The molecular formula is C24H23F3N4O2. The van der Waals surface area contributed by atoms with Crippen LogP contribution in [0.5, 0.6) is 0 Å². The van der Waals surface area contributed by atoms with Gasteiger partial charge >= 0.3 is 18.2 Å². The zero-order valence-electron chi connectivity index (χ0n) is 17.6. The predicted octanol–water partition coefficient (Wildman–Crippen LogP) is 5.96. The lowest BCUT2D eigenvalue weighted by atomic mass is 10.2. The highest BCUT2D eigenvalue weighted by Crippen LogP contribution is 2.30. The van der Waals surface area contributed by atoms with Crippen molar-refractivity contribution in [3.8, 4) is 0 Å². The monoisotopic (exact) mass is 456 g/mol. The summed E-state index contributed by atoms with van der Waals surface area (Å²) in [7, 11) is 0. The van der Waals surface area contributed by atoms with Crippen molar-refractivity contribution in [1.82, 2.24) is 5.32 Å². The molecule has 0 saturated carbocycles. The van der Waals surface area contributed by atoms with E-state index in [0.29, 0.717) is 24.3 Å². The predicted molar refractivity (Wildman–Crippen MR) is 122 cm³/mol. The number of hydrogen-bond acceptors (Lipinski definition) is 2. The third-order valence-electron chi connectivity index (χ3n) is 4.63. The zero-order chi connectivity index (χ0) is 23.7. The molecule has 33 heavy (non-hydrogen) atoms. The van der Waals surface area contributed by atoms with Crippen LogP contribution in [0.2, 0.25) is 0 Å². The third-order valence-corrected chi connectivity index (χ3v) is 4.63. The van der Waals surface area contributed by atoms with Gasteiger partial charge in [0.15, 0.2) is 0 Å². The fourth-order valence-corrected chi connectivity index (χ4v) is 3.06. The van der Waals surface area contributed by atoms with Crippen LogP contribution in [-0.2, 0) is 6.18 Å². The van der Waals surface area contributed by atoms with Gasteiger partial charge in [0.1, 0.15) is 0 Å². The number of carbonyl (C=O) groups excluding carboxylic acids is 2. The van der Waals surface area contributed by atoms with E-state index in [1.807, 2.05) is 6.07 Å². The first-order valence-corrected chi connectivity index (χ1v) is 10.2. The molecule has 4 amide bonds. The molecule has 0 saturated heterocycles. The van der Waals surface area contributed by atoms with Crippen molar-refractivity contribution in [3.05, 3.63) is 90.5 Å². The SMILES string of the molecule is O=C(NCCCN(C(=O)Nc1cccc(C(F)(F)F)c1)c1ccccc1)Nc1ccccc1. The summed E-state index contributed by atoms with van der Waals surface area (Å²) in [6.07, 6.45) is -4.08. The van der Waals surface area contributed by atoms with E-state index in [0.717, 1.165) is 12.1 Å². The van der Waals surface area contributed by atoms with Gasteiger partial charge in [0.25, 0.3) is 0 Å². The van der Waals surface area contributed by atoms with Crippen LogP contribution >= 0.6 is 0 Å². The van der Waals surface area contributed by atoms with Gasteiger partial charge in [0, 0.05) is 30.2 Å². The summed E-state index contributed by atoms with van der Waals surface area (Å²) in [6, 6.07) is 21.2. The van der Waals surface area contributed by atoms with E-state index in [2.05, 4.69) is 16.0 Å². The number of halogens is 3. The number of anilines is 3. The topological polar surface area (TPSA) is 73.5 Å². The summed E-state index contributed by atoms with van der Waals surface area (Å²) >= 11 is 0. The minimum absolute atomic E-state index is 0.0381. The van der Waals surface area contributed by atoms with Crippen LogP contribution in [0.25, 0.3) is 0 Å². The number of amides is 4.